The molecule has 4 rings (SSSR count). The molecular formula is C25H34F3N5O4. The van der Waals surface area contributed by atoms with Gasteiger partial charge in [0.15, 0.2) is 0 Å². The van der Waals surface area contributed by atoms with E-state index in [2.05, 4.69) is 16.0 Å². The predicted molar refractivity (Wildman–Crippen MR) is 124 cm³/mol. The average Bonchev–Trinajstić information content (AvgIpc) is 3.62. The fourth-order valence-electron chi connectivity index (χ4n) is 5.65. The Bertz CT molecular complexity index is 1020. The summed E-state index contributed by atoms with van der Waals surface area (Å²) in [5.74, 6) is -4.07. The summed E-state index contributed by atoms with van der Waals surface area (Å²) < 4.78 is 38.8. The van der Waals surface area contributed by atoms with Crippen molar-refractivity contribution < 1.29 is 32.3 Å². The van der Waals surface area contributed by atoms with Gasteiger partial charge in [0.1, 0.15) is 18.1 Å². The zero-order chi connectivity index (χ0) is 27.4. The minimum Gasteiger partial charge on any atom is -0.350 e. The van der Waals surface area contributed by atoms with Crippen LogP contribution in [0.3, 0.4) is 0 Å². The minimum atomic E-state index is -5.17. The summed E-state index contributed by atoms with van der Waals surface area (Å²) in [5.41, 5.74) is -1.78. The Labute approximate surface area is 213 Å². The SMILES string of the molecule is CC(C)(C)C(NC(=O)C(F)(F)F)C(=O)NC(C(=O)NC(C#N)CC1CC2(CC2)NC1=O)C1(C2CC2)CC1. The first-order valence-electron chi connectivity index (χ1n) is 12.8. The molecule has 0 radical (unpaired) electrons. The predicted octanol–water partition coefficient (Wildman–Crippen LogP) is 1.82. The molecule has 12 heteroatoms. The molecule has 4 N–H and O–H groups in total. The van der Waals surface area contributed by atoms with Gasteiger partial charge in [-0.05, 0) is 62.7 Å². The highest BCUT2D eigenvalue weighted by atomic mass is 19.4. The second-order valence-electron chi connectivity index (χ2n) is 12.3. The maximum absolute atomic E-state index is 13.5. The van der Waals surface area contributed by atoms with Crippen molar-refractivity contribution in [1.82, 2.24) is 21.3 Å². The van der Waals surface area contributed by atoms with Crippen LogP contribution in [-0.2, 0) is 19.2 Å². The van der Waals surface area contributed by atoms with Crippen LogP contribution in [0.5, 0.6) is 0 Å². The maximum atomic E-state index is 13.5. The van der Waals surface area contributed by atoms with Crippen molar-refractivity contribution in [2.45, 2.75) is 102 Å². The number of nitrogens with zero attached hydrogens (tertiary/aromatic N) is 1. The molecule has 3 saturated carbocycles. The fraction of sp³-hybridized carbons (Fsp3) is 0.800. The van der Waals surface area contributed by atoms with E-state index in [1.165, 1.54) is 20.8 Å². The van der Waals surface area contributed by atoms with E-state index >= 15 is 0 Å². The third-order valence-electron chi connectivity index (χ3n) is 8.24. The Morgan fingerprint density at radius 3 is 2.11 bits per heavy atom. The highest BCUT2D eigenvalue weighted by Gasteiger charge is 2.61. The van der Waals surface area contributed by atoms with Gasteiger partial charge >= 0.3 is 12.1 Å². The van der Waals surface area contributed by atoms with Crippen LogP contribution in [0.25, 0.3) is 0 Å². The van der Waals surface area contributed by atoms with Crippen molar-refractivity contribution >= 4 is 23.6 Å². The van der Waals surface area contributed by atoms with E-state index in [0.29, 0.717) is 19.3 Å². The zero-order valence-electron chi connectivity index (χ0n) is 21.3. The Morgan fingerprint density at radius 1 is 1.05 bits per heavy atom. The first-order chi connectivity index (χ1) is 17.1. The molecule has 1 aliphatic heterocycles. The highest BCUT2D eigenvalue weighted by Crippen LogP contribution is 2.63. The van der Waals surface area contributed by atoms with Crippen LogP contribution in [0.4, 0.5) is 13.2 Å². The lowest BCUT2D eigenvalue weighted by Gasteiger charge is -2.34. The molecule has 3 aliphatic carbocycles. The summed E-state index contributed by atoms with van der Waals surface area (Å²) in [6, 6.07) is -1.54. The first-order valence-corrected chi connectivity index (χ1v) is 12.8. The standard InChI is InChI=1S/C25H34F3N5O4/c1-22(2,3)16(32-21(37)25(26,27)28)19(35)31-17(24(8-9-24)14-4-5-14)20(36)30-15(12-29)10-13-11-23(6-7-23)33-18(13)34/h13-17H,4-11H2,1-3H3,(H,30,36)(H,31,35)(H,32,37)(H,33,34). The molecule has 37 heavy (non-hydrogen) atoms. The van der Waals surface area contributed by atoms with Crippen LogP contribution in [0.1, 0.15) is 72.1 Å². The molecule has 0 aromatic carbocycles. The van der Waals surface area contributed by atoms with E-state index in [9.17, 15) is 37.6 Å². The summed E-state index contributed by atoms with van der Waals surface area (Å²) >= 11 is 0. The van der Waals surface area contributed by atoms with Crippen molar-refractivity contribution in [3.05, 3.63) is 0 Å². The monoisotopic (exact) mass is 525 g/mol. The Kier molecular flexibility index (Phi) is 6.74. The summed E-state index contributed by atoms with van der Waals surface area (Å²) in [6.45, 7) is 4.55. The van der Waals surface area contributed by atoms with E-state index < -0.39 is 58.8 Å². The number of nitrogens with one attached hydrogen (secondary N) is 4. The van der Waals surface area contributed by atoms with E-state index in [-0.39, 0.29) is 23.8 Å². The Balaban J connectivity index is 1.48. The van der Waals surface area contributed by atoms with Gasteiger partial charge < -0.3 is 21.3 Å². The number of rotatable bonds is 9. The van der Waals surface area contributed by atoms with Gasteiger partial charge in [0.2, 0.25) is 17.7 Å². The summed E-state index contributed by atoms with van der Waals surface area (Å²) in [6.07, 6.45) is 0.451. The van der Waals surface area contributed by atoms with Crippen molar-refractivity contribution in [2.75, 3.05) is 0 Å². The second kappa shape index (κ2) is 9.17. The van der Waals surface area contributed by atoms with E-state index in [4.69, 9.17) is 0 Å². The van der Waals surface area contributed by atoms with Crippen LogP contribution >= 0.6 is 0 Å². The van der Waals surface area contributed by atoms with Crippen molar-refractivity contribution in [2.24, 2.45) is 22.7 Å². The molecular weight excluding hydrogens is 491 g/mol. The lowest BCUT2D eigenvalue weighted by Crippen LogP contribution is -2.61. The average molecular weight is 526 g/mol. The number of amides is 4. The molecule has 4 atom stereocenters. The van der Waals surface area contributed by atoms with Gasteiger partial charge in [-0.15, -0.1) is 0 Å². The molecule has 4 aliphatic rings. The number of nitriles is 1. The number of carbonyl (C=O) groups is 4. The normalized spacial score (nSPS) is 25.8. The zero-order valence-corrected chi connectivity index (χ0v) is 21.3. The van der Waals surface area contributed by atoms with Crippen molar-refractivity contribution in [3.8, 4) is 6.07 Å². The van der Waals surface area contributed by atoms with Crippen LogP contribution in [0.2, 0.25) is 0 Å². The number of alkyl halides is 3. The van der Waals surface area contributed by atoms with Gasteiger partial charge in [0, 0.05) is 16.9 Å². The number of hydrogen-bond acceptors (Lipinski definition) is 5. The smallest absolute Gasteiger partial charge is 0.350 e. The fourth-order valence-corrected chi connectivity index (χ4v) is 5.65. The molecule has 4 unspecified atom stereocenters. The van der Waals surface area contributed by atoms with Gasteiger partial charge in [0.25, 0.3) is 0 Å². The van der Waals surface area contributed by atoms with Crippen LogP contribution in [0.15, 0.2) is 0 Å². The van der Waals surface area contributed by atoms with Gasteiger partial charge in [-0.1, -0.05) is 20.8 Å². The third-order valence-corrected chi connectivity index (χ3v) is 8.24. The molecule has 1 spiro atoms. The molecule has 9 nitrogen and oxygen atoms in total. The molecule has 1 heterocycles. The Hall–Kier alpha value is -2.84. The molecule has 204 valence electrons. The molecule has 1 saturated heterocycles. The second-order valence-corrected chi connectivity index (χ2v) is 12.3. The first kappa shape index (κ1) is 27.2. The maximum Gasteiger partial charge on any atom is 0.471 e. The third kappa shape index (κ3) is 5.85. The molecule has 4 fully saturated rings. The topological polar surface area (TPSA) is 140 Å². The molecule has 0 aromatic heterocycles. The minimum absolute atomic E-state index is 0.137. The quantitative estimate of drug-likeness (QED) is 0.364. The number of hydrogen-bond donors (Lipinski definition) is 4. The molecule has 4 amide bonds. The molecule has 0 aromatic rings. The van der Waals surface area contributed by atoms with E-state index in [1.54, 1.807) is 5.32 Å². The number of carbonyl (C=O) groups excluding carboxylic acids is 4. The van der Waals surface area contributed by atoms with Gasteiger partial charge in [-0.2, -0.15) is 18.4 Å². The summed E-state index contributed by atoms with van der Waals surface area (Å²) in [5, 5.41) is 19.8. The van der Waals surface area contributed by atoms with Gasteiger partial charge in [-0.3, -0.25) is 19.2 Å². The molecule has 0 bridgehead atoms. The highest BCUT2D eigenvalue weighted by molar-refractivity contribution is 5.94. The van der Waals surface area contributed by atoms with Crippen LogP contribution < -0.4 is 21.3 Å². The lowest BCUT2D eigenvalue weighted by molar-refractivity contribution is -0.175. The summed E-state index contributed by atoms with van der Waals surface area (Å²) in [4.78, 5) is 50.7. The largest absolute Gasteiger partial charge is 0.471 e. The number of halogens is 3. The van der Waals surface area contributed by atoms with Crippen molar-refractivity contribution in [3.63, 3.8) is 0 Å². The lowest BCUT2D eigenvalue weighted by atomic mass is 9.84. The van der Waals surface area contributed by atoms with E-state index in [0.717, 1.165) is 25.7 Å². The van der Waals surface area contributed by atoms with Gasteiger partial charge in [-0.25, -0.2) is 0 Å². The van der Waals surface area contributed by atoms with Gasteiger partial charge in [0.05, 0.1) is 6.07 Å². The Morgan fingerprint density at radius 2 is 1.68 bits per heavy atom. The summed E-state index contributed by atoms with van der Waals surface area (Å²) in [7, 11) is 0. The van der Waals surface area contributed by atoms with Crippen LogP contribution in [-0.4, -0.2) is 53.5 Å². The van der Waals surface area contributed by atoms with E-state index in [1.807, 2.05) is 6.07 Å². The van der Waals surface area contributed by atoms with Crippen LogP contribution in [0, 0.1) is 34.0 Å². The van der Waals surface area contributed by atoms with Crippen molar-refractivity contribution in [1.29, 1.82) is 5.26 Å².